The molecule has 12 heteroatoms. The largest absolute Gasteiger partial charge is 0.480 e. The van der Waals surface area contributed by atoms with Gasteiger partial charge in [0.25, 0.3) is 0 Å². The van der Waals surface area contributed by atoms with Gasteiger partial charge in [0.15, 0.2) is 0 Å². The highest BCUT2D eigenvalue weighted by molar-refractivity contribution is 7.99. The second-order valence-electron chi connectivity index (χ2n) is 5.95. The summed E-state index contributed by atoms with van der Waals surface area (Å²) in [6.45, 7) is 7.04. The molecule has 0 fully saturated rings. The summed E-state index contributed by atoms with van der Waals surface area (Å²) in [5, 5.41) is 14.0. The number of nitrogens with zero attached hydrogens (tertiary/aromatic N) is 2. The van der Waals surface area contributed by atoms with E-state index in [0.29, 0.717) is 23.9 Å². The van der Waals surface area contributed by atoms with Gasteiger partial charge in [-0.1, -0.05) is 0 Å². The molecule has 0 aromatic heterocycles. The Kier molecular flexibility index (Phi) is 8.34. The lowest BCUT2D eigenvalue weighted by atomic mass is 9.99. The fourth-order valence-electron chi connectivity index (χ4n) is 1.81. The summed E-state index contributed by atoms with van der Waals surface area (Å²) in [7, 11) is 0. The summed E-state index contributed by atoms with van der Waals surface area (Å²) in [5.41, 5.74) is 0. The second kappa shape index (κ2) is 8.97. The SMILES string of the molecule is CC(=O)NC(C(=O)NC(C(=O)O)C(C)(C)SN=O)C(C)(C)SN=O. The number of amides is 2. The van der Waals surface area contributed by atoms with E-state index in [1.165, 1.54) is 34.6 Å². The third-order valence-corrected chi connectivity index (χ3v) is 4.64. The van der Waals surface area contributed by atoms with E-state index in [4.69, 9.17) is 0 Å². The van der Waals surface area contributed by atoms with Gasteiger partial charge in [0.2, 0.25) is 11.8 Å². The molecule has 0 aliphatic rings. The fraction of sp³-hybridized carbons (Fsp3) is 0.750. The topological polar surface area (TPSA) is 154 Å². The van der Waals surface area contributed by atoms with E-state index >= 15 is 0 Å². The van der Waals surface area contributed by atoms with Crippen molar-refractivity contribution in [2.24, 2.45) is 9.16 Å². The van der Waals surface area contributed by atoms with E-state index in [1.807, 2.05) is 0 Å². The Morgan fingerprint density at radius 1 is 0.917 bits per heavy atom. The number of carboxylic acid groups (broad SMARTS) is 1. The molecule has 0 saturated carbocycles. The quantitative estimate of drug-likeness (QED) is 0.380. The number of carboxylic acids is 1. The van der Waals surface area contributed by atoms with Crippen LogP contribution in [0.4, 0.5) is 0 Å². The highest BCUT2D eigenvalue weighted by Gasteiger charge is 2.43. The summed E-state index contributed by atoms with van der Waals surface area (Å²) in [4.78, 5) is 56.3. The number of hydrogen-bond acceptors (Lipinski definition) is 9. The van der Waals surface area contributed by atoms with E-state index in [9.17, 15) is 29.3 Å². The summed E-state index contributed by atoms with van der Waals surface area (Å²) < 4.78 is 2.92. The molecular formula is C12H20N4O6S2. The molecule has 0 aromatic carbocycles. The minimum atomic E-state index is -1.45. The van der Waals surface area contributed by atoms with Crippen LogP contribution in [0.2, 0.25) is 0 Å². The predicted molar refractivity (Wildman–Crippen MR) is 92.1 cm³/mol. The molecule has 2 unspecified atom stereocenters. The maximum Gasteiger partial charge on any atom is 0.327 e. The summed E-state index contributed by atoms with van der Waals surface area (Å²) >= 11 is 1.01. The Morgan fingerprint density at radius 3 is 1.67 bits per heavy atom. The third kappa shape index (κ3) is 6.43. The molecule has 2 atom stereocenters. The molecule has 0 aliphatic carbocycles. The number of carbonyl (C=O) groups excluding carboxylic acids is 2. The normalized spacial score (nSPS) is 14.2. The van der Waals surface area contributed by atoms with Crippen LogP contribution < -0.4 is 10.6 Å². The second-order valence-corrected chi connectivity index (χ2v) is 8.72. The van der Waals surface area contributed by atoms with Gasteiger partial charge < -0.3 is 15.7 Å². The Bertz CT molecular complexity index is 526. The van der Waals surface area contributed by atoms with Crippen LogP contribution in [-0.2, 0) is 14.4 Å². The summed E-state index contributed by atoms with van der Waals surface area (Å²) in [5.74, 6) is -2.73. The van der Waals surface area contributed by atoms with Gasteiger partial charge in [0, 0.05) is 40.0 Å². The molecule has 136 valence electrons. The first kappa shape index (κ1) is 22.3. The van der Waals surface area contributed by atoms with Crippen molar-refractivity contribution in [1.82, 2.24) is 10.6 Å². The van der Waals surface area contributed by atoms with Crippen molar-refractivity contribution in [3.05, 3.63) is 9.81 Å². The van der Waals surface area contributed by atoms with Crippen molar-refractivity contribution in [3.63, 3.8) is 0 Å². The molecule has 2 amide bonds. The lowest BCUT2D eigenvalue weighted by Crippen LogP contribution is -2.61. The number of nitrogens with one attached hydrogen (secondary N) is 2. The molecule has 0 bridgehead atoms. The Labute approximate surface area is 147 Å². The fourth-order valence-corrected chi connectivity index (χ4v) is 2.74. The Hall–Kier alpha value is -1.69. The molecule has 0 aromatic rings. The number of carbonyl (C=O) groups is 3. The van der Waals surface area contributed by atoms with Gasteiger partial charge >= 0.3 is 5.97 Å². The molecule has 0 aliphatic heterocycles. The standard InChI is InChI=1S/C12H20N4O6S2/c1-6(17)13-7(11(2,3)23-15-21)9(18)14-8(10(19)20)12(4,5)24-16-22/h7-8H,1-5H3,(H,13,17)(H,14,18)(H,19,20). The van der Waals surface area contributed by atoms with E-state index in [-0.39, 0.29) is 0 Å². The van der Waals surface area contributed by atoms with Gasteiger partial charge in [-0.05, 0) is 27.7 Å². The maximum atomic E-state index is 12.5. The lowest BCUT2D eigenvalue weighted by Gasteiger charge is -2.34. The van der Waals surface area contributed by atoms with E-state index in [0.717, 1.165) is 0 Å². The summed E-state index contributed by atoms with van der Waals surface area (Å²) in [6.07, 6.45) is 0. The third-order valence-electron chi connectivity index (χ3n) is 3.08. The van der Waals surface area contributed by atoms with Crippen LogP contribution in [0.5, 0.6) is 0 Å². The average Bonchev–Trinajstić information content (AvgIpc) is 2.40. The first-order valence-electron chi connectivity index (χ1n) is 6.71. The van der Waals surface area contributed by atoms with Crippen molar-refractivity contribution in [2.75, 3.05) is 0 Å². The molecule has 24 heavy (non-hydrogen) atoms. The Balaban J connectivity index is 5.54. The van der Waals surface area contributed by atoms with Crippen molar-refractivity contribution < 1.29 is 19.5 Å². The van der Waals surface area contributed by atoms with Crippen molar-refractivity contribution in [2.45, 2.75) is 56.2 Å². The highest BCUT2D eigenvalue weighted by atomic mass is 32.2. The van der Waals surface area contributed by atoms with Gasteiger partial charge in [-0.2, -0.15) is 0 Å². The maximum absolute atomic E-state index is 12.5. The Morgan fingerprint density at radius 2 is 1.33 bits per heavy atom. The number of hydrogen-bond donors (Lipinski definition) is 3. The van der Waals surface area contributed by atoms with Crippen LogP contribution in [-0.4, -0.2) is 44.5 Å². The van der Waals surface area contributed by atoms with Gasteiger partial charge in [-0.25, -0.2) is 4.79 Å². The molecule has 0 heterocycles. The van der Waals surface area contributed by atoms with Crippen LogP contribution in [0.1, 0.15) is 34.6 Å². The monoisotopic (exact) mass is 380 g/mol. The van der Waals surface area contributed by atoms with Crippen LogP contribution in [0.25, 0.3) is 0 Å². The average molecular weight is 380 g/mol. The molecule has 0 spiro atoms. The number of aliphatic carboxylic acids is 1. The van der Waals surface area contributed by atoms with E-state index in [1.54, 1.807) is 0 Å². The molecule has 0 rings (SSSR count). The smallest absolute Gasteiger partial charge is 0.327 e. The van der Waals surface area contributed by atoms with Gasteiger partial charge in [0.1, 0.15) is 12.1 Å². The van der Waals surface area contributed by atoms with Gasteiger partial charge in [0.05, 0.1) is 9.49 Å². The first-order chi connectivity index (χ1) is 10.9. The zero-order valence-electron chi connectivity index (χ0n) is 13.9. The van der Waals surface area contributed by atoms with Gasteiger partial charge in [-0.3, -0.25) is 9.59 Å². The highest BCUT2D eigenvalue weighted by Crippen LogP contribution is 2.31. The van der Waals surface area contributed by atoms with Crippen LogP contribution in [0, 0.1) is 9.81 Å². The number of nitroso groups, excluding NO2 is 2. The zero-order chi connectivity index (χ0) is 19.1. The number of rotatable bonds is 10. The predicted octanol–water partition coefficient (Wildman–Crippen LogP) is 1.45. The molecule has 0 radical (unpaired) electrons. The van der Waals surface area contributed by atoms with Crippen LogP contribution >= 0.6 is 23.9 Å². The molecular weight excluding hydrogens is 360 g/mol. The van der Waals surface area contributed by atoms with Crippen LogP contribution in [0.3, 0.4) is 0 Å². The van der Waals surface area contributed by atoms with Crippen molar-refractivity contribution in [1.29, 1.82) is 0 Å². The van der Waals surface area contributed by atoms with Gasteiger partial charge in [-0.15, -0.1) is 9.81 Å². The minimum absolute atomic E-state index is 0.468. The van der Waals surface area contributed by atoms with Crippen molar-refractivity contribution in [3.8, 4) is 0 Å². The molecule has 10 nitrogen and oxygen atoms in total. The van der Waals surface area contributed by atoms with Crippen molar-refractivity contribution >= 4 is 41.7 Å². The zero-order valence-corrected chi connectivity index (χ0v) is 15.5. The minimum Gasteiger partial charge on any atom is -0.480 e. The molecule has 0 saturated heterocycles. The molecule has 3 N–H and O–H groups in total. The van der Waals surface area contributed by atoms with E-state index in [2.05, 4.69) is 19.8 Å². The van der Waals surface area contributed by atoms with E-state index < -0.39 is 39.4 Å². The lowest BCUT2D eigenvalue weighted by molar-refractivity contribution is -0.143. The van der Waals surface area contributed by atoms with Crippen LogP contribution in [0.15, 0.2) is 9.16 Å². The summed E-state index contributed by atoms with van der Waals surface area (Å²) in [6, 6.07) is -2.67. The first-order valence-corrected chi connectivity index (χ1v) is 8.25.